The van der Waals surface area contributed by atoms with E-state index in [9.17, 15) is 22.8 Å². The second-order valence-corrected chi connectivity index (χ2v) is 7.78. The Morgan fingerprint density at radius 3 is 2.73 bits per heavy atom. The first-order chi connectivity index (χ1) is 14.1. The number of anilines is 1. The summed E-state index contributed by atoms with van der Waals surface area (Å²) in [6.07, 6.45) is -3.32. The van der Waals surface area contributed by atoms with E-state index in [-0.39, 0.29) is 59.4 Å². The number of halogens is 3. The minimum atomic E-state index is -4.58. The van der Waals surface area contributed by atoms with Gasteiger partial charge in [-0.05, 0) is 32.8 Å². The zero-order chi connectivity index (χ0) is 22.1. The summed E-state index contributed by atoms with van der Waals surface area (Å²) in [7, 11) is 0. The smallest absolute Gasteiger partial charge is 0.366 e. The summed E-state index contributed by atoms with van der Waals surface area (Å²) in [6.45, 7) is 5.55. The number of hydrogen-bond donors (Lipinski definition) is 3. The molecule has 2 aromatic heterocycles. The lowest BCUT2D eigenvalue weighted by Gasteiger charge is -2.32. The number of nitrogens with zero attached hydrogens (tertiary/aromatic N) is 3. The monoisotopic (exact) mass is 426 g/mol. The van der Waals surface area contributed by atoms with E-state index >= 15 is 0 Å². The fourth-order valence-corrected chi connectivity index (χ4v) is 3.62. The third-order valence-electron chi connectivity index (χ3n) is 4.96. The van der Waals surface area contributed by atoms with Gasteiger partial charge in [0.15, 0.2) is 11.5 Å². The number of H-pyrrole nitrogens is 1. The van der Waals surface area contributed by atoms with Crippen molar-refractivity contribution >= 4 is 28.7 Å². The molecular formula is C19H25F3N6O2. The lowest BCUT2D eigenvalue weighted by atomic mass is 9.92. The normalized spacial score (nSPS) is 17.4. The molecule has 2 aromatic rings. The van der Waals surface area contributed by atoms with Crippen molar-refractivity contribution in [1.29, 1.82) is 0 Å². The second-order valence-electron chi connectivity index (χ2n) is 7.78. The number of amides is 2. The molecular weight excluding hydrogens is 401 g/mol. The molecule has 2 amide bonds. The number of rotatable bonds is 5. The van der Waals surface area contributed by atoms with Crippen molar-refractivity contribution in [3.63, 3.8) is 0 Å². The van der Waals surface area contributed by atoms with Crippen molar-refractivity contribution in [1.82, 2.24) is 25.4 Å². The predicted molar refractivity (Wildman–Crippen MR) is 105 cm³/mol. The van der Waals surface area contributed by atoms with Crippen molar-refractivity contribution in [2.75, 3.05) is 25.0 Å². The van der Waals surface area contributed by atoms with Crippen LogP contribution in [-0.4, -0.2) is 57.6 Å². The minimum Gasteiger partial charge on any atom is -0.366 e. The number of carbonyl (C=O) groups is 2. The molecule has 0 aliphatic carbocycles. The van der Waals surface area contributed by atoms with Crippen molar-refractivity contribution in [3.05, 3.63) is 17.3 Å². The lowest BCUT2D eigenvalue weighted by Crippen LogP contribution is -2.44. The minimum absolute atomic E-state index is 0.0599. The highest BCUT2D eigenvalue weighted by atomic mass is 19.4. The van der Waals surface area contributed by atoms with Crippen LogP contribution in [-0.2, 0) is 15.8 Å². The Kier molecular flexibility index (Phi) is 6.18. The third kappa shape index (κ3) is 4.82. The first-order valence-electron chi connectivity index (χ1n) is 9.81. The summed E-state index contributed by atoms with van der Waals surface area (Å²) < 4.78 is 41.5. The molecule has 3 N–H and O–H groups in total. The van der Waals surface area contributed by atoms with E-state index in [1.165, 1.54) is 6.92 Å². The number of likely N-dealkylation sites (tertiary alicyclic amines) is 1. The van der Waals surface area contributed by atoms with Gasteiger partial charge in [-0.2, -0.15) is 18.3 Å². The van der Waals surface area contributed by atoms with Crippen LogP contribution in [0.25, 0.3) is 11.0 Å². The van der Waals surface area contributed by atoms with E-state index in [1.54, 1.807) is 4.90 Å². The molecule has 3 rings (SSSR count). The van der Waals surface area contributed by atoms with Crippen LogP contribution in [0.3, 0.4) is 0 Å². The topological polar surface area (TPSA) is 103 Å². The largest absolute Gasteiger partial charge is 0.417 e. The molecule has 1 saturated heterocycles. The van der Waals surface area contributed by atoms with E-state index in [2.05, 4.69) is 25.8 Å². The molecule has 0 unspecified atom stereocenters. The van der Waals surface area contributed by atoms with Gasteiger partial charge in [0.1, 0.15) is 0 Å². The van der Waals surface area contributed by atoms with E-state index in [4.69, 9.17) is 0 Å². The van der Waals surface area contributed by atoms with Crippen LogP contribution in [0.15, 0.2) is 6.07 Å². The van der Waals surface area contributed by atoms with E-state index < -0.39 is 11.7 Å². The Bertz CT molecular complexity index is 940. The number of aromatic nitrogens is 3. The Morgan fingerprint density at radius 2 is 2.10 bits per heavy atom. The van der Waals surface area contributed by atoms with Crippen LogP contribution >= 0.6 is 0 Å². The quantitative estimate of drug-likeness (QED) is 0.682. The average Bonchev–Trinajstić information content (AvgIpc) is 3.06. The molecule has 1 fully saturated rings. The van der Waals surface area contributed by atoms with Crippen LogP contribution < -0.4 is 10.6 Å². The molecule has 0 aromatic carbocycles. The fraction of sp³-hybridized carbons (Fsp3) is 0.579. The maximum atomic E-state index is 13.8. The highest BCUT2D eigenvalue weighted by Gasteiger charge is 2.37. The number of pyridine rings is 1. The Hall–Kier alpha value is -2.85. The number of carbonyl (C=O) groups excluding carboxylic acids is 2. The van der Waals surface area contributed by atoms with Crippen molar-refractivity contribution < 1.29 is 22.8 Å². The first kappa shape index (κ1) is 21.8. The number of nitrogens with one attached hydrogen (secondary N) is 3. The number of fused-ring (bicyclic) bond motifs is 1. The van der Waals surface area contributed by atoms with Crippen LogP contribution in [0, 0.1) is 0 Å². The van der Waals surface area contributed by atoms with Crippen molar-refractivity contribution in [2.45, 2.75) is 51.7 Å². The van der Waals surface area contributed by atoms with Crippen LogP contribution in [0.5, 0.6) is 0 Å². The van der Waals surface area contributed by atoms with Gasteiger partial charge in [-0.15, -0.1) is 0 Å². The molecule has 0 radical (unpaired) electrons. The number of hydrogen-bond acceptors (Lipinski definition) is 5. The maximum absolute atomic E-state index is 13.8. The molecule has 30 heavy (non-hydrogen) atoms. The Balaban J connectivity index is 1.92. The average molecular weight is 426 g/mol. The number of aromatic amines is 1. The van der Waals surface area contributed by atoms with Gasteiger partial charge in [-0.1, -0.05) is 0 Å². The summed E-state index contributed by atoms with van der Waals surface area (Å²) in [5, 5.41) is 11.9. The van der Waals surface area contributed by atoms with Gasteiger partial charge in [-0.3, -0.25) is 14.7 Å². The molecule has 1 aliphatic heterocycles. The zero-order valence-electron chi connectivity index (χ0n) is 17.1. The summed E-state index contributed by atoms with van der Waals surface area (Å²) in [5.74, 6) is -0.807. The SMILES string of the molecule is CC(=O)NCC(=O)N1CCC[C@H](c2cc(C(F)(F)F)c3c(NC(C)C)n[nH]c3n2)C1. The first-order valence-corrected chi connectivity index (χ1v) is 9.81. The molecule has 0 bridgehead atoms. The van der Waals surface area contributed by atoms with Crippen LogP contribution in [0.1, 0.15) is 50.8 Å². The van der Waals surface area contributed by atoms with E-state index in [0.717, 1.165) is 6.07 Å². The van der Waals surface area contributed by atoms with Gasteiger partial charge in [0, 0.05) is 37.7 Å². The van der Waals surface area contributed by atoms with Gasteiger partial charge in [0.2, 0.25) is 11.8 Å². The van der Waals surface area contributed by atoms with Gasteiger partial charge in [-0.25, -0.2) is 4.98 Å². The second kappa shape index (κ2) is 8.49. The van der Waals surface area contributed by atoms with Gasteiger partial charge in [0.25, 0.3) is 0 Å². The molecule has 3 heterocycles. The third-order valence-corrected chi connectivity index (χ3v) is 4.96. The predicted octanol–water partition coefficient (Wildman–Crippen LogP) is 2.64. The molecule has 0 spiro atoms. The van der Waals surface area contributed by atoms with Crippen molar-refractivity contribution in [2.24, 2.45) is 0 Å². The summed E-state index contributed by atoms with van der Waals surface area (Å²) in [5.41, 5.74) is -0.475. The molecule has 11 heteroatoms. The molecule has 164 valence electrons. The van der Waals surface area contributed by atoms with Gasteiger partial charge in [0.05, 0.1) is 17.5 Å². The summed E-state index contributed by atoms with van der Waals surface area (Å²) in [4.78, 5) is 29.3. The highest BCUT2D eigenvalue weighted by molar-refractivity contribution is 5.91. The Morgan fingerprint density at radius 1 is 1.37 bits per heavy atom. The fourth-order valence-electron chi connectivity index (χ4n) is 3.62. The van der Waals surface area contributed by atoms with Crippen molar-refractivity contribution in [3.8, 4) is 0 Å². The van der Waals surface area contributed by atoms with Crippen LogP contribution in [0.4, 0.5) is 19.0 Å². The van der Waals surface area contributed by atoms with Gasteiger partial charge >= 0.3 is 6.18 Å². The molecule has 1 atom stereocenters. The summed E-state index contributed by atoms with van der Waals surface area (Å²) in [6, 6.07) is 0.967. The zero-order valence-corrected chi connectivity index (χ0v) is 17.1. The summed E-state index contributed by atoms with van der Waals surface area (Å²) >= 11 is 0. The lowest BCUT2D eigenvalue weighted by molar-refractivity contribution is -0.136. The number of piperidine rings is 1. The standard InChI is InChI=1S/C19H25F3N6O2/c1-10(2)24-17-16-13(19(20,21)22)7-14(25-18(16)27-26-17)12-5-4-6-28(9-12)15(30)8-23-11(3)29/h7,10,12H,4-6,8-9H2,1-3H3,(H,23,29)(H2,24,25,26,27)/t12-/m0/s1. The highest BCUT2D eigenvalue weighted by Crippen LogP contribution is 2.39. The van der Waals surface area contributed by atoms with E-state index in [0.29, 0.717) is 19.4 Å². The van der Waals surface area contributed by atoms with Crippen LogP contribution in [0.2, 0.25) is 0 Å². The molecule has 0 saturated carbocycles. The Labute approximate surface area is 171 Å². The maximum Gasteiger partial charge on any atom is 0.417 e. The number of alkyl halides is 3. The molecule has 8 nitrogen and oxygen atoms in total. The van der Waals surface area contributed by atoms with Gasteiger partial charge < -0.3 is 15.5 Å². The van der Waals surface area contributed by atoms with E-state index in [1.807, 2.05) is 13.8 Å². The molecule has 1 aliphatic rings.